The highest BCUT2D eigenvalue weighted by Gasteiger charge is 2.45. The molecule has 2 unspecified atom stereocenters. The van der Waals surface area contributed by atoms with Crippen LogP contribution in [0.5, 0.6) is 0 Å². The van der Waals surface area contributed by atoms with Crippen LogP contribution < -0.4 is 0 Å². The average Bonchev–Trinajstić information content (AvgIpc) is 3.40. The smallest absolute Gasteiger partial charge is 0.335 e. The lowest BCUT2D eigenvalue weighted by atomic mass is 9.91. The molecule has 3 aliphatic rings. The molecule has 30 heavy (non-hydrogen) atoms. The number of fused-ring (bicyclic) bond motifs is 2. The topological polar surface area (TPSA) is 63.4 Å². The molecule has 0 bridgehead atoms. The van der Waals surface area contributed by atoms with E-state index in [2.05, 4.69) is 15.2 Å². The van der Waals surface area contributed by atoms with E-state index in [1.165, 1.54) is 6.07 Å². The van der Waals surface area contributed by atoms with E-state index in [0.29, 0.717) is 43.3 Å². The minimum absolute atomic E-state index is 0.0665. The SMILES string of the molecule is CC1CC=Nc2nnc(C(=O)N3C[C@H]4CC(c5ccccc5C(F)(F)F)C[C@H]4C3)n21. The lowest BCUT2D eigenvalue weighted by molar-refractivity contribution is -0.138. The highest BCUT2D eigenvalue weighted by atomic mass is 19.4. The van der Waals surface area contributed by atoms with Crippen LogP contribution in [-0.4, -0.2) is 44.9 Å². The highest BCUT2D eigenvalue weighted by Crippen LogP contribution is 2.49. The standard InChI is InChI=1S/C21H22F3N5O/c1-12-6-7-25-20-27-26-18(29(12)20)19(30)28-10-14-8-13(9-15(14)11-28)16-4-2-3-5-17(16)21(22,23)24/h2-5,7,12-15H,6,8-11H2,1H3/t12?,13?,14-,15+. The summed E-state index contributed by atoms with van der Waals surface area (Å²) in [4.78, 5) is 19.1. The summed E-state index contributed by atoms with van der Waals surface area (Å²) in [6.07, 6.45) is -0.512. The van der Waals surface area contributed by atoms with Crippen molar-refractivity contribution in [1.82, 2.24) is 19.7 Å². The van der Waals surface area contributed by atoms with E-state index in [-0.39, 0.29) is 29.7 Å². The summed E-state index contributed by atoms with van der Waals surface area (Å²) in [7, 11) is 0. The van der Waals surface area contributed by atoms with Gasteiger partial charge in [0, 0.05) is 31.8 Å². The van der Waals surface area contributed by atoms with Crippen molar-refractivity contribution in [3.05, 3.63) is 41.2 Å². The molecule has 1 amide bonds. The molecule has 2 aromatic rings. The molecule has 0 N–H and O–H groups in total. The zero-order valence-corrected chi connectivity index (χ0v) is 16.5. The van der Waals surface area contributed by atoms with Gasteiger partial charge in [0.15, 0.2) is 0 Å². The van der Waals surface area contributed by atoms with Gasteiger partial charge in [-0.05, 0) is 49.1 Å². The molecule has 6 nitrogen and oxygen atoms in total. The second kappa shape index (κ2) is 6.92. The van der Waals surface area contributed by atoms with Gasteiger partial charge in [0.25, 0.3) is 11.9 Å². The summed E-state index contributed by atoms with van der Waals surface area (Å²) in [5, 5.41) is 8.09. The number of nitrogens with zero attached hydrogens (tertiary/aromatic N) is 5. The number of halogens is 3. The maximum Gasteiger partial charge on any atom is 0.416 e. The fraction of sp³-hybridized carbons (Fsp3) is 0.524. The molecule has 1 aromatic carbocycles. The molecule has 1 aromatic heterocycles. The zero-order valence-electron chi connectivity index (χ0n) is 16.5. The average molecular weight is 417 g/mol. The first-order chi connectivity index (χ1) is 14.3. The fourth-order valence-corrected chi connectivity index (χ4v) is 5.29. The Balaban J connectivity index is 1.31. The van der Waals surface area contributed by atoms with Crippen molar-refractivity contribution >= 4 is 18.1 Å². The lowest BCUT2D eigenvalue weighted by Crippen LogP contribution is -2.33. The number of alkyl halides is 3. The molecule has 1 aliphatic carbocycles. The molecule has 158 valence electrons. The van der Waals surface area contributed by atoms with Gasteiger partial charge in [0.2, 0.25) is 5.82 Å². The van der Waals surface area contributed by atoms with Crippen molar-refractivity contribution in [1.29, 1.82) is 0 Å². The van der Waals surface area contributed by atoms with Crippen LogP contribution in [0, 0.1) is 11.8 Å². The summed E-state index contributed by atoms with van der Waals surface area (Å²) >= 11 is 0. The Morgan fingerprint density at radius 1 is 1.10 bits per heavy atom. The van der Waals surface area contributed by atoms with Gasteiger partial charge in [-0.15, -0.1) is 10.2 Å². The highest BCUT2D eigenvalue weighted by molar-refractivity contribution is 5.91. The number of hydrogen-bond acceptors (Lipinski definition) is 4. The van der Waals surface area contributed by atoms with E-state index in [1.54, 1.807) is 27.8 Å². The van der Waals surface area contributed by atoms with Crippen molar-refractivity contribution in [2.45, 2.75) is 44.3 Å². The quantitative estimate of drug-likeness (QED) is 0.735. The molecule has 0 spiro atoms. The molecule has 2 aliphatic heterocycles. The number of aliphatic imine (C=N–C) groups is 1. The van der Waals surface area contributed by atoms with Crippen LogP contribution in [-0.2, 0) is 6.18 Å². The molecule has 3 heterocycles. The monoisotopic (exact) mass is 417 g/mol. The second-order valence-electron chi connectivity index (χ2n) is 8.57. The summed E-state index contributed by atoms with van der Waals surface area (Å²) < 4.78 is 42.0. The van der Waals surface area contributed by atoms with Crippen LogP contribution in [0.1, 0.15) is 59.9 Å². The van der Waals surface area contributed by atoms with Gasteiger partial charge in [-0.2, -0.15) is 13.2 Å². The van der Waals surface area contributed by atoms with Gasteiger partial charge in [0.1, 0.15) is 0 Å². The van der Waals surface area contributed by atoms with Crippen molar-refractivity contribution in [3.63, 3.8) is 0 Å². The molecule has 9 heteroatoms. The number of carbonyl (C=O) groups excluding carboxylic acids is 1. The van der Waals surface area contributed by atoms with Crippen molar-refractivity contribution in [2.24, 2.45) is 16.8 Å². The Morgan fingerprint density at radius 3 is 2.50 bits per heavy atom. The van der Waals surface area contributed by atoms with Crippen LogP contribution in [0.15, 0.2) is 29.3 Å². The summed E-state index contributed by atoms with van der Waals surface area (Å²) in [5.74, 6) is 0.872. The van der Waals surface area contributed by atoms with Crippen molar-refractivity contribution in [3.8, 4) is 0 Å². The third kappa shape index (κ3) is 3.11. The van der Waals surface area contributed by atoms with Gasteiger partial charge < -0.3 is 4.90 Å². The summed E-state index contributed by atoms with van der Waals surface area (Å²) in [5.41, 5.74) is -0.150. The van der Waals surface area contributed by atoms with Gasteiger partial charge in [-0.25, -0.2) is 4.99 Å². The predicted molar refractivity (Wildman–Crippen MR) is 104 cm³/mol. The molecule has 0 radical (unpaired) electrons. The van der Waals surface area contributed by atoms with Crippen LogP contribution in [0.3, 0.4) is 0 Å². The minimum Gasteiger partial charge on any atom is -0.335 e. The van der Waals surface area contributed by atoms with Gasteiger partial charge in [-0.3, -0.25) is 9.36 Å². The van der Waals surface area contributed by atoms with Crippen molar-refractivity contribution < 1.29 is 18.0 Å². The second-order valence-corrected chi connectivity index (χ2v) is 8.57. The molecule has 2 fully saturated rings. The van der Waals surface area contributed by atoms with Gasteiger partial charge in [-0.1, -0.05) is 18.2 Å². The normalized spacial score (nSPS) is 27.9. The van der Waals surface area contributed by atoms with E-state index in [1.807, 2.05) is 6.92 Å². The summed E-state index contributed by atoms with van der Waals surface area (Å²) in [6.45, 7) is 3.10. The molecule has 1 saturated carbocycles. The Kier molecular flexibility index (Phi) is 4.44. The Bertz CT molecular complexity index is 1000. The molecule has 5 rings (SSSR count). The van der Waals surface area contributed by atoms with E-state index < -0.39 is 11.7 Å². The molecular formula is C21H22F3N5O. The molecule has 4 atom stereocenters. The Hall–Kier alpha value is -2.71. The third-order valence-corrected chi connectivity index (χ3v) is 6.71. The predicted octanol–water partition coefficient (Wildman–Crippen LogP) is 4.23. The van der Waals surface area contributed by atoms with E-state index in [9.17, 15) is 18.0 Å². The van der Waals surface area contributed by atoms with Crippen LogP contribution in [0.2, 0.25) is 0 Å². The maximum absolute atomic E-state index is 13.4. The number of hydrogen-bond donors (Lipinski definition) is 0. The zero-order chi connectivity index (χ0) is 21.0. The van der Waals surface area contributed by atoms with Crippen LogP contribution >= 0.6 is 0 Å². The number of carbonyl (C=O) groups is 1. The third-order valence-electron chi connectivity index (χ3n) is 6.71. The fourth-order valence-electron chi connectivity index (χ4n) is 5.29. The maximum atomic E-state index is 13.4. The number of benzene rings is 1. The first kappa shape index (κ1) is 19.3. The first-order valence-corrected chi connectivity index (χ1v) is 10.3. The van der Waals surface area contributed by atoms with Crippen LogP contribution in [0.25, 0.3) is 0 Å². The lowest BCUT2D eigenvalue weighted by Gasteiger charge is -2.23. The summed E-state index contributed by atoms with van der Waals surface area (Å²) in [6, 6.07) is 5.94. The van der Waals surface area contributed by atoms with Crippen molar-refractivity contribution in [2.75, 3.05) is 13.1 Å². The first-order valence-electron chi connectivity index (χ1n) is 10.3. The van der Waals surface area contributed by atoms with E-state index >= 15 is 0 Å². The van der Waals surface area contributed by atoms with Gasteiger partial charge >= 0.3 is 6.18 Å². The number of likely N-dealkylation sites (tertiary alicyclic amines) is 1. The van der Waals surface area contributed by atoms with E-state index in [4.69, 9.17) is 0 Å². The number of aromatic nitrogens is 3. The molecular weight excluding hydrogens is 395 g/mol. The Labute approximate surface area is 171 Å². The molecule has 1 saturated heterocycles. The van der Waals surface area contributed by atoms with E-state index in [0.717, 1.165) is 12.5 Å². The number of rotatable bonds is 2. The van der Waals surface area contributed by atoms with Crippen LogP contribution in [0.4, 0.5) is 19.1 Å². The minimum atomic E-state index is -4.35. The van der Waals surface area contributed by atoms with Gasteiger partial charge in [0.05, 0.1) is 5.56 Å². The Morgan fingerprint density at radius 2 is 1.80 bits per heavy atom. The number of amides is 1. The largest absolute Gasteiger partial charge is 0.416 e.